The molecular formula is C28H27F2N3O2S. The number of benzene rings is 2. The Morgan fingerprint density at radius 1 is 1.08 bits per heavy atom. The van der Waals surface area contributed by atoms with Crippen LogP contribution in [0.1, 0.15) is 31.0 Å². The summed E-state index contributed by atoms with van der Waals surface area (Å²) in [5.41, 5.74) is 2.80. The third-order valence-corrected chi connectivity index (χ3v) is 7.14. The molecule has 0 spiro atoms. The first-order chi connectivity index (χ1) is 17.3. The molecule has 8 heteroatoms. The quantitative estimate of drug-likeness (QED) is 0.252. The Bertz CT molecular complexity index is 1440. The molecule has 2 N–H and O–H groups in total. The van der Waals surface area contributed by atoms with Gasteiger partial charge in [-0.25, -0.2) is 9.37 Å². The monoisotopic (exact) mass is 507 g/mol. The molecule has 36 heavy (non-hydrogen) atoms. The minimum atomic E-state index is -0.517. The van der Waals surface area contributed by atoms with Crippen molar-refractivity contribution in [2.45, 2.75) is 42.9 Å². The smallest absolute Gasteiger partial charge is 0.266 e. The Morgan fingerprint density at radius 2 is 1.81 bits per heavy atom. The molecule has 0 aliphatic heterocycles. The van der Waals surface area contributed by atoms with Crippen LogP contribution in [0.5, 0.6) is 5.75 Å². The van der Waals surface area contributed by atoms with Crippen molar-refractivity contribution in [2.24, 2.45) is 0 Å². The van der Waals surface area contributed by atoms with Gasteiger partial charge in [0.2, 0.25) is 5.95 Å². The van der Waals surface area contributed by atoms with Gasteiger partial charge in [0.1, 0.15) is 16.4 Å². The van der Waals surface area contributed by atoms with Crippen LogP contribution in [-0.2, 0) is 6.42 Å². The Kier molecular flexibility index (Phi) is 7.74. The second-order valence-electron chi connectivity index (χ2n) is 8.47. The van der Waals surface area contributed by atoms with Gasteiger partial charge in [0.15, 0.2) is 5.75 Å². The number of hydrogen-bond donors (Lipinski definition) is 2. The number of nitrogens with one attached hydrogen (secondary N) is 1. The Balaban J connectivity index is 1.73. The molecule has 0 fully saturated rings. The van der Waals surface area contributed by atoms with Crippen molar-refractivity contribution in [2.75, 3.05) is 11.9 Å². The van der Waals surface area contributed by atoms with Crippen molar-refractivity contribution in [3.05, 3.63) is 94.2 Å². The number of para-hydroxylation sites is 1. The predicted molar refractivity (Wildman–Crippen MR) is 140 cm³/mol. The normalized spacial score (nSPS) is 11.0. The average Bonchev–Trinajstić information content (AvgIpc) is 2.87. The van der Waals surface area contributed by atoms with Crippen molar-refractivity contribution in [3.8, 4) is 16.9 Å². The van der Waals surface area contributed by atoms with Crippen molar-refractivity contribution in [3.63, 3.8) is 0 Å². The third-order valence-electron chi connectivity index (χ3n) is 6.05. The summed E-state index contributed by atoms with van der Waals surface area (Å²) in [5.74, 6) is -1.14. The lowest BCUT2D eigenvalue weighted by atomic mass is 10.0. The topological polar surface area (TPSA) is 69.2 Å². The number of hydrogen-bond acceptors (Lipinski definition) is 5. The molecule has 0 aliphatic carbocycles. The Hall–Kier alpha value is -3.65. The van der Waals surface area contributed by atoms with Crippen LogP contribution in [0, 0.1) is 18.7 Å². The highest BCUT2D eigenvalue weighted by molar-refractivity contribution is 7.99. The second-order valence-corrected chi connectivity index (χ2v) is 9.56. The lowest BCUT2D eigenvalue weighted by molar-refractivity contribution is 0.459. The number of halogens is 2. The lowest BCUT2D eigenvalue weighted by Crippen LogP contribution is -2.20. The summed E-state index contributed by atoms with van der Waals surface area (Å²) in [5, 5.41) is 11.3. The van der Waals surface area contributed by atoms with Crippen LogP contribution in [0.3, 0.4) is 0 Å². The summed E-state index contributed by atoms with van der Waals surface area (Å²) in [6.45, 7) is 3.71. The average molecular weight is 508 g/mol. The predicted octanol–water partition coefficient (Wildman–Crippen LogP) is 6.99. The fourth-order valence-corrected chi connectivity index (χ4v) is 4.93. The SMILES string of the molecule is CCCCc1[nH]c(=O)c(Sc2ccc(-c3ccnc(F)c3C)cc2)c(O)c1N(C)c1ccccc1F. The zero-order valence-electron chi connectivity index (χ0n) is 20.3. The molecule has 4 aromatic rings. The molecule has 0 saturated heterocycles. The summed E-state index contributed by atoms with van der Waals surface area (Å²) in [6.07, 6.45) is 3.66. The van der Waals surface area contributed by atoms with Crippen molar-refractivity contribution < 1.29 is 13.9 Å². The van der Waals surface area contributed by atoms with E-state index in [2.05, 4.69) is 9.97 Å². The van der Waals surface area contributed by atoms with Gasteiger partial charge in [-0.15, -0.1) is 0 Å². The van der Waals surface area contributed by atoms with Gasteiger partial charge in [-0.1, -0.05) is 49.4 Å². The fourth-order valence-electron chi connectivity index (χ4n) is 4.09. The fraction of sp³-hybridized carbons (Fsp3) is 0.214. The molecule has 0 aliphatic rings. The zero-order chi connectivity index (χ0) is 25.8. The summed E-state index contributed by atoms with van der Waals surface area (Å²) < 4.78 is 28.4. The highest BCUT2D eigenvalue weighted by atomic mass is 32.2. The number of nitrogens with zero attached hydrogens (tertiary/aromatic N) is 2. The maximum Gasteiger partial charge on any atom is 0.266 e. The minimum absolute atomic E-state index is 0.118. The van der Waals surface area contributed by atoms with E-state index in [0.29, 0.717) is 28.3 Å². The van der Waals surface area contributed by atoms with E-state index in [1.807, 2.05) is 31.2 Å². The molecule has 186 valence electrons. The molecule has 0 atom stereocenters. The molecule has 5 nitrogen and oxygen atoms in total. The number of pyridine rings is 2. The van der Waals surface area contributed by atoms with E-state index in [9.17, 15) is 18.7 Å². The molecule has 2 aromatic heterocycles. The molecule has 4 rings (SSSR count). The zero-order valence-corrected chi connectivity index (χ0v) is 21.1. The number of aromatic amines is 1. The van der Waals surface area contributed by atoms with Crippen molar-refractivity contribution >= 4 is 23.1 Å². The molecule has 2 heterocycles. The van der Waals surface area contributed by atoms with Crippen LogP contribution in [0.25, 0.3) is 11.1 Å². The summed E-state index contributed by atoms with van der Waals surface area (Å²) >= 11 is 1.11. The van der Waals surface area contributed by atoms with E-state index in [1.54, 1.807) is 43.1 Å². The van der Waals surface area contributed by atoms with E-state index in [1.165, 1.54) is 12.3 Å². The largest absolute Gasteiger partial charge is 0.504 e. The number of anilines is 2. The van der Waals surface area contributed by atoms with E-state index >= 15 is 0 Å². The molecule has 0 radical (unpaired) electrons. The lowest BCUT2D eigenvalue weighted by Gasteiger charge is -2.25. The van der Waals surface area contributed by atoms with Gasteiger partial charge in [0, 0.05) is 29.4 Å². The molecule has 0 bridgehead atoms. The summed E-state index contributed by atoms with van der Waals surface area (Å²) in [6, 6.07) is 15.3. The van der Waals surface area contributed by atoms with Gasteiger partial charge in [-0.2, -0.15) is 4.39 Å². The van der Waals surface area contributed by atoms with Crippen molar-refractivity contribution in [1.29, 1.82) is 0 Å². The summed E-state index contributed by atoms with van der Waals surface area (Å²) in [4.78, 5) is 22.0. The number of unbranched alkanes of at least 4 members (excludes halogenated alkanes) is 1. The van der Waals surface area contributed by atoms with Crippen LogP contribution < -0.4 is 10.5 Å². The first-order valence-corrected chi connectivity index (χ1v) is 12.5. The maximum absolute atomic E-state index is 14.6. The highest BCUT2D eigenvalue weighted by Gasteiger charge is 2.23. The summed E-state index contributed by atoms with van der Waals surface area (Å²) in [7, 11) is 1.67. The van der Waals surface area contributed by atoms with Gasteiger partial charge in [-0.05, 0) is 61.2 Å². The van der Waals surface area contributed by atoms with E-state index in [-0.39, 0.29) is 16.3 Å². The van der Waals surface area contributed by atoms with Crippen LogP contribution >= 0.6 is 11.8 Å². The minimum Gasteiger partial charge on any atom is -0.504 e. The van der Waals surface area contributed by atoms with Crippen LogP contribution in [0.2, 0.25) is 0 Å². The number of aromatic nitrogens is 2. The van der Waals surface area contributed by atoms with Gasteiger partial charge in [-0.3, -0.25) is 4.79 Å². The van der Waals surface area contributed by atoms with Crippen LogP contribution in [0.4, 0.5) is 20.2 Å². The number of H-pyrrole nitrogens is 1. The number of rotatable bonds is 8. The first kappa shape index (κ1) is 25.4. The Morgan fingerprint density at radius 3 is 2.50 bits per heavy atom. The molecule has 0 amide bonds. The molecular weight excluding hydrogens is 480 g/mol. The number of aromatic hydroxyl groups is 1. The second kappa shape index (κ2) is 11.0. The molecule has 0 unspecified atom stereocenters. The Labute approximate surface area is 212 Å². The van der Waals surface area contributed by atoms with Gasteiger partial charge in [0.05, 0.1) is 5.69 Å². The van der Waals surface area contributed by atoms with E-state index in [0.717, 1.165) is 35.7 Å². The van der Waals surface area contributed by atoms with Gasteiger partial charge < -0.3 is 15.0 Å². The standard InChI is InChI=1S/C28H27F2N3O2S/c1-4-5-9-22-24(33(3)23-10-7-6-8-21(23)29)25(34)26(28(35)32-22)36-19-13-11-18(12-14-19)20-15-16-31-27(30)17(20)2/h6-8,10-16H,4-5,9H2,1-3H3,(H2,32,34,35). The van der Waals surface area contributed by atoms with Gasteiger partial charge in [0.25, 0.3) is 5.56 Å². The van der Waals surface area contributed by atoms with Crippen LogP contribution in [-0.4, -0.2) is 22.1 Å². The van der Waals surface area contributed by atoms with Crippen molar-refractivity contribution in [1.82, 2.24) is 9.97 Å². The first-order valence-electron chi connectivity index (χ1n) is 11.7. The van der Waals surface area contributed by atoms with E-state index < -0.39 is 17.3 Å². The van der Waals surface area contributed by atoms with Crippen LogP contribution in [0.15, 0.2) is 75.4 Å². The highest BCUT2D eigenvalue weighted by Crippen LogP contribution is 2.42. The number of aryl methyl sites for hydroxylation is 1. The molecule has 2 aromatic carbocycles. The van der Waals surface area contributed by atoms with E-state index in [4.69, 9.17) is 0 Å². The third kappa shape index (κ3) is 5.14. The molecule has 0 saturated carbocycles. The van der Waals surface area contributed by atoms with Gasteiger partial charge >= 0.3 is 0 Å². The maximum atomic E-state index is 14.6.